The summed E-state index contributed by atoms with van der Waals surface area (Å²) in [6, 6.07) is 10.9. The minimum atomic E-state index is 0.133. The van der Waals surface area contributed by atoms with Crippen molar-refractivity contribution in [2.75, 3.05) is 13.2 Å². The Labute approximate surface area is 93.9 Å². The van der Waals surface area contributed by atoms with Gasteiger partial charge in [0.2, 0.25) is 0 Å². The first kappa shape index (κ1) is 10.8. The van der Waals surface area contributed by atoms with Crippen LogP contribution >= 0.6 is 0 Å². The molecule has 0 atom stereocenters. The second kappa shape index (κ2) is 4.86. The average Bonchev–Trinajstić information content (AvgIpc) is 2.29. The van der Waals surface area contributed by atoms with E-state index in [1.807, 2.05) is 24.3 Å². The van der Waals surface area contributed by atoms with Gasteiger partial charge in [-0.15, -0.1) is 0 Å². The molecule has 0 bridgehead atoms. The number of phenolic OH excluding ortho intramolecular Hbond substituents is 1. The molecule has 0 aromatic heterocycles. The molecular formula is C13H14O3. The van der Waals surface area contributed by atoms with E-state index >= 15 is 0 Å². The first-order valence-corrected chi connectivity index (χ1v) is 5.26. The highest BCUT2D eigenvalue weighted by Crippen LogP contribution is 2.24. The van der Waals surface area contributed by atoms with E-state index in [1.54, 1.807) is 12.1 Å². The Balaban J connectivity index is 2.21. The van der Waals surface area contributed by atoms with Crippen molar-refractivity contribution in [1.82, 2.24) is 0 Å². The van der Waals surface area contributed by atoms with E-state index in [4.69, 9.17) is 9.84 Å². The summed E-state index contributed by atoms with van der Waals surface area (Å²) in [7, 11) is 0. The lowest BCUT2D eigenvalue weighted by Gasteiger charge is -2.06. The van der Waals surface area contributed by atoms with Gasteiger partial charge in [-0.05, 0) is 35.0 Å². The first-order chi connectivity index (χ1) is 7.79. The smallest absolute Gasteiger partial charge is 0.119 e. The van der Waals surface area contributed by atoms with Crippen molar-refractivity contribution in [1.29, 1.82) is 0 Å². The van der Waals surface area contributed by atoms with E-state index in [-0.39, 0.29) is 12.4 Å². The predicted molar refractivity (Wildman–Crippen MR) is 62.8 cm³/mol. The van der Waals surface area contributed by atoms with Crippen LogP contribution in [0.5, 0.6) is 11.5 Å². The molecule has 0 heterocycles. The number of hydrogen-bond donors (Lipinski definition) is 2. The fourth-order valence-corrected chi connectivity index (χ4v) is 1.56. The van der Waals surface area contributed by atoms with Crippen molar-refractivity contribution in [2.45, 2.75) is 6.42 Å². The third-order valence-corrected chi connectivity index (χ3v) is 2.37. The maximum atomic E-state index is 9.36. The Morgan fingerprint density at radius 1 is 1.00 bits per heavy atom. The van der Waals surface area contributed by atoms with Crippen LogP contribution in [-0.2, 0) is 0 Å². The van der Waals surface area contributed by atoms with Crippen molar-refractivity contribution < 1.29 is 14.9 Å². The van der Waals surface area contributed by atoms with Gasteiger partial charge in [0.1, 0.15) is 11.5 Å². The van der Waals surface area contributed by atoms with Crippen LogP contribution in [0.3, 0.4) is 0 Å². The summed E-state index contributed by atoms with van der Waals surface area (Å²) in [6.45, 7) is 0.634. The molecule has 2 rings (SSSR count). The Morgan fingerprint density at radius 2 is 1.81 bits per heavy atom. The van der Waals surface area contributed by atoms with Gasteiger partial charge in [-0.2, -0.15) is 0 Å². The van der Waals surface area contributed by atoms with Gasteiger partial charge in [0, 0.05) is 13.0 Å². The Bertz CT molecular complexity index is 480. The number of aliphatic hydroxyl groups excluding tert-OH is 1. The Kier molecular flexibility index (Phi) is 3.27. The van der Waals surface area contributed by atoms with Gasteiger partial charge in [-0.25, -0.2) is 0 Å². The number of benzene rings is 2. The number of aliphatic hydroxyl groups is 1. The van der Waals surface area contributed by atoms with Crippen LogP contribution < -0.4 is 4.74 Å². The van der Waals surface area contributed by atoms with Crippen LogP contribution in [0.1, 0.15) is 6.42 Å². The van der Waals surface area contributed by atoms with E-state index in [1.165, 1.54) is 0 Å². The summed E-state index contributed by atoms with van der Waals surface area (Å²) in [5.41, 5.74) is 0. The maximum absolute atomic E-state index is 9.36. The summed E-state index contributed by atoms with van der Waals surface area (Å²) in [5, 5.41) is 20.0. The van der Waals surface area contributed by atoms with Gasteiger partial charge in [-0.3, -0.25) is 0 Å². The zero-order chi connectivity index (χ0) is 11.4. The van der Waals surface area contributed by atoms with E-state index in [9.17, 15) is 5.11 Å². The lowest BCUT2D eigenvalue weighted by Crippen LogP contribution is -1.99. The van der Waals surface area contributed by atoms with Gasteiger partial charge in [0.05, 0.1) is 6.61 Å². The van der Waals surface area contributed by atoms with Crippen LogP contribution in [0, 0.1) is 0 Å². The van der Waals surface area contributed by atoms with Gasteiger partial charge in [0.25, 0.3) is 0 Å². The average molecular weight is 218 g/mol. The molecule has 0 fully saturated rings. The summed E-state index contributed by atoms with van der Waals surface area (Å²) in [6.07, 6.45) is 0.623. The van der Waals surface area contributed by atoms with Crippen LogP contribution in [0.4, 0.5) is 0 Å². The van der Waals surface area contributed by atoms with E-state index in [0.29, 0.717) is 13.0 Å². The molecule has 0 aliphatic carbocycles. The SMILES string of the molecule is OCCCOc1ccc2ccc(O)cc2c1. The number of fused-ring (bicyclic) bond motifs is 1. The van der Waals surface area contributed by atoms with Crippen molar-refractivity contribution in [3.05, 3.63) is 36.4 Å². The minimum absolute atomic E-state index is 0.133. The van der Waals surface area contributed by atoms with Gasteiger partial charge in [-0.1, -0.05) is 12.1 Å². The number of phenols is 1. The second-order valence-corrected chi connectivity index (χ2v) is 3.62. The Morgan fingerprint density at radius 3 is 2.62 bits per heavy atom. The second-order valence-electron chi connectivity index (χ2n) is 3.62. The summed E-state index contributed by atoms with van der Waals surface area (Å²) < 4.78 is 5.45. The molecule has 3 heteroatoms. The molecule has 0 aliphatic heterocycles. The largest absolute Gasteiger partial charge is 0.508 e. The molecule has 16 heavy (non-hydrogen) atoms. The molecular weight excluding hydrogens is 204 g/mol. The molecule has 0 saturated heterocycles. The van der Waals surface area contributed by atoms with Crippen molar-refractivity contribution in [3.63, 3.8) is 0 Å². The molecule has 2 aromatic rings. The van der Waals surface area contributed by atoms with Crippen LogP contribution in [0.25, 0.3) is 10.8 Å². The number of aromatic hydroxyl groups is 1. The summed E-state index contributed by atoms with van der Waals surface area (Å²) in [5.74, 6) is 1.01. The van der Waals surface area contributed by atoms with Crippen molar-refractivity contribution >= 4 is 10.8 Å². The molecule has 0 aliphatic rings. The molecule has 3 nitrogen and oxygen atoms in total. The van der Waals surface area contributed by atoms with Gasteiger partial charge < -0.3 is 14.9 Å². The molecule has 2 N–H and O–H groups in total. The molecule has 0 saturated carbocycles. The van der Waals surface area contributed by atoms with E-state index in [0.717, 1.165) is 16.5 Å². The quantitative estimate of drug-likeness (QED) is 0.774. The standard InChI is InChI=1S/C13H14O3/c14-6-1-7-16-13-5-3-10-2-4-12(15)8-11(10)9-13/h2-5,8-9,14-15H,1,6-7H2. The third-order valence-electron chi connectivity index (χ3n) is 2.37. The fraction of sp³-hybridized carbons (Fsp3) is 0.231. The predicted octanol–water partition coefficient (Wildman–Crippen LogP) is 2.31. The normalized spacial score (nSPS) is 10.6. The summed E-state index contributed by atoms with van der Waals surface area (Å²) >= 11 is 0. The van der Waals surface area contributed by atoms with Gasteiger partial charge in [0.15, 0.2) is 0 Å². The zero-order valence-electron chi connectivity index (χ0n) is 8.89. The van der Waals surface area contributed by atoms with Crippen molar-refractivity contribution in [3.8, 4) is 11.5 Å². The first-order valence-electron chi connectivity index (χ1n) is 5.26. The van der Waals surface area contributed by atoms with Crippen molar-refractivity contribution in [2.24, 2.45) is 0 Å². The van der Waals surface area contributed by atoms with Crippen LogP contribution in [-0.4, -0.2) is 23.4 Å². The maximum Gasteiger partial charge on any atom is 0.119 e. The highest BCUT2D eigenvalue weighted by atomic mass is 16.5. The molecule has 2 aromatic carbocycles. The van der Waals surface area contributed by atoms with Gasteiger partial charge >= 0.3 is 0 Å². The highest BCUT2D eigenvalue weighted by Gasteiger charge is 1.98. The monoisotopic (exact) mass is 218 g/mol. The summed E-state index contributed by atoms with van der Waals surface area (Å²) in [4.78, 5) is 0. The number of ether oxygens (including phenoxy) is 1. The molecule has 0 spiro atoms. The molecule has 0 unspecified atom stereocenters. The zero-order valence-corrected chi connectivity index (χ0v) is 8.89. The lowest BCUT2D eigenvalue weighted by molar-refractivity contribution is 0.234. The van der Waals surface area contributed by atoms with E-state index in [2.05, 4.69) is 0 Å². The minimum Gasteiger partial charge on any atom is -0.508 e. The fourth-order valence-electron chi connectivity index (χ4n) is 1.56. The lowest BCUT2D eigenvalue weighted by atomic mass is 10.1. The topological polar surface area (TPSA) is 49.7 Å². The Hall–Kier alpha value is -1.74. The number of rotatable bonds is 4. The van der Waals surface area contributed by atoms with Crippen LogP contribution in [0.2, 0.25) is 0 Å². The molecule has 84 valence electrons. The molecule has 0 radical (unpaired) electrons. The van der Waals surface area contributed by atoms with E-state index < -0.39 is 0 Å². The highest BCUT2D eigenvalue weighted by molar-refractivity contribution is 5.85. The van der Waals surface area contributed by atoms with Crippen LogP contribution in [0.15, 0.2) is 36.4 Å². The number of hydrogen-bond acceptors (Lipinski definition) is 3. The third kappa shape index (κ3) is 2.44. The molecule has 0 amide bonds.